The molecule has 1 amide bonds. The summed E-state index contributed by atoms with van der Waals surface area (Å²) in [7, 11) is 0. The van der Waals surface area contributed by atoms with Crippen LogP contribution in [0.5, 0.6) is 0 Å². The van der Waals surface area contributed by atoms with Gasteiger partial charge in [-0.05, 0) is 50.6 Å². The average molecular weight is 306 g/mol. The molecule has 0 spiro atoms. The molecule has 0 aliphatic heterocycles. The summed E-state index contributed by atoms with van der Waals surface area (Å²) in [5.74, 6) is -0.509. The van der Waals surface area contributed by atoms with Crippen LogP contribution in [0.3, 0.4) is 0 Å². The van der Waals surface area contributed by atoms with E-state index in [0.717, 1.165) is 0 Å². The minimum atomic E-state index is -0.333. The van der Waals surface area contributed by atoms with E-state index in [0.29, 0.717) is 11.4 Å². The molecular weight excluding hydrogens is 287 g/mol. The highest BCUT2D eigenvalue weighted by Crippen LogP contribution is 2.30. The van der Waals surface area contributed by atoms with Crippen LogP contribution in [0.4, 0.5) is 15.8 Å². The van der Waals surface area contributed by atoms with Crippen LogP contribution in [0.25, 0.3) is 0 Å². The molecule has 1 atom stereocenters. The third kappa shape index (κ3) is 3.82. The number of hydrogen-bond donors (Lipinski definition) is 2. The van der Waals surface area contributed by atoms with Crippen molar-refractivity contribution in [2.75, 3.05) is 10.6 Å². The minimum Gasteiger partial charge on any atom is -0.376 e. The van der Waals surface area contributed by atoms with Crippen molar-refractivity contribution in [3.05, 3.63) is 45.4 Å². The number of rotatable bonds is 4. The molecule has 1 aromatic carbocycles. The van der Waals surface area contributed by atoms with E-state index in [1.165, 1.54) is 28.3 Å². The Morgan fingerprint density at radius 2 is 2.00 bits per heavy atom. The monoisotopic (exact) mass is 306 g/mol. The number of hydrogen-bond acceptors (Lipinski definition) is 3. The van der Waals surface area contributed by atoms with Gasteiger partial charge in [0.05, 0.1) is 5.69 Å². The lowest BCUT2D eigenvalue weighted by Gasteiger charge is -2.17. The summed E-state index contributed by atoms with van der Waals surface area (Å²) < 4.78 is 13.9. The number of benzene rings is 1. The van der Waals surface area contributed by atoms with E-state index in [-0.39, 0.29) is 17.8 Å². The van der Waals surface area contributed by atoms with Crippen molar-refractivity contribution in [3.63, 3.8) is 0 Å². The highest BCUT2D eigenvalue weighted by molar-refractivity contribution is 7.12. The largest absolute Gasteiger partial charge is 0.376 e. The summed E-state index contributed by atoms with van der Waals surface area (Å²) in [4.78, 5) is 13.5. The van der Waals surface area contributed by atoms with Gasteiger partial charge >= 0.3 is 0 Å². The molecule has 0 bridgehead atoms. The fourth-order valence-electron chi connectivity index (χ4n) is 2.31. The normalized spacial score (nSPS) is 12.0. The summed E-state index contributed by atoms with van der Waals surface area (Å²) in [5.41, 5.74) is 2.13. The van der Waals surface area contributed by atoms with E-state index in [1.807, 2.05) is 6.92 Å². The second kappa shape index (κ2) is 6.26. The predicted octanol–water partition coefficient (Wildman–Crippen LogP) is 4.64. The van der Waals surface area contributed by atoms with Crippen molar-refractivity contribution in [2.24, 2.45) is 0 Å². The molecule has 112 valence electrons. The van der Waals surface area contributed by atoms with Crippen LogP contribution in [0.15, 0.2) is 24.3 Å². The van der Waals surface area contributed by atoms with E-state index in [1.54, 1.807) is 23.5 Å². The van der Waals surface area contributed by atoms with Gasteiger partial charge in [0.25, 0.3) is 0 Å². The van der Waals surface area contributed by atoms with Crippen molar-refractivity contribution in [2.45, 2.75) is 33.7 Å². The molecule has 21 heavy (non-hydrogen) atoms. The Hall–Kier alpha value is -1.88. The van der Waals surface area contributed by atoms with E-state index in [9.17, 15) is 9.18 Å². The molecule has 0 radical (unpaired) electrons. The summed E-state index contributed by atoms with van der Waals surface area (Å²) >= 11 is 1.73. The van der Waals surface area contributed by atoms with Gasteiger partial charge in [-0.15, -0.1) is 11.3 Å². The Labute approximate surface area is 128 Å². The zero-order chi connectivity index (χ0) is 15.6. The topological polar surface area (TPSA) is 41.1 Å². The quantitative estimate of drug-likeness (QED) is 0.864. The minimum absolute atomic E-state index is 0.00275. The molecule has 2 aromatic rings. The second-order valence-electron chi connectivity index (χ2n) is 5.11. The fraction of sp³-hybridized carbons (Fsp3) is 0.312. The highest BCUT2D eigenvalue weighted by atomic mass is 32.1. The molecule has 0 fully saturated rings. The second-order valence-corrected chi connectivity index (χ2v) is 6.57. The van der Waals surface area contributed by atoms with Crippen molar-refractivity contribution < 1.29 is 9.18 Å². The van der Waals surface area contributed by atoms with Crippen LogP contribution in [0, 0.1) is 19.7 Å². The maximum Gasteiger partial charge on any atom is 0.221 e. The van der Waals surface area contributed by atoms with Crippen molar-refractivity contribution in [1.82, 2.24) is 0 Å². The maximum absolute atomic E-state index is 13.9. The molecule has 5 heteroatoms. The number of halogens is 1. The van der Waals surface area contributed by atoms with Crippen LogP contribution in [-0.4, -0.2) is 5.91 Å². The number of anilines is 2. The zero-order valence-corrected chi connectivity index (χ0v) is 13.4. The number of aryl methyl sites for hydroxylation is 2. The molecular formula is C16H19FN2OS. The lowest BCUT2D eigenvalue weighted by molar-refractivity contribution is -0.114. The molecule has 0 saturated heterocycles. The van der Waals surface area contributed by atoms with Crippen LogP contribution in [0.2, 0.25) is 0 Å². The first-order valence-corrected chi connectivity index (χ1v) is 7.59. The molecule has 1 heterocycles. The molecule has 0 saturated carbocycles. The Bertz CT molecular complexity index is 666. The first-order valence-electron chi connectivity index (χ1n) is 6.77. The van der Waals surface area contributed by atoms with E-state index in [2.05, 4.69) is 30.5 Å². The SMILES string of the molecule is CC(=O)Nc1ccc(F)c(NC(C)c2cc(C)sc2C)c1. The molecule has 2 N–H and O–H groups in total. The molecule has 0 aliphatic rings. The van der Waals surface area contributed by atoms with Gasteiger partial charge < -0.3 is 10.6 Å². The summed E-state index contributed by atoms with van der Waals surface area (Å²) in [6.07, 6.45) is 0. The van der Waals surface area contributed by atoms with Gasteiger partial charge in [-0.3, -0.25) is 4.79 Å². The predicted molar refractivity (Wildman–Crippen MR) is 86.5 cm³/mol. The van der Waals surface area contributed by atoms with E-state index in [4.69, 9.17) is 0 Å². The van der Waals surface area contributed by atoms with Crippen molar-refractivity contribution in [3.8, 4) is 0 Å². The Morgan fingerprint density at radius 3 is 2.57 bits per heavy atom. The van der Waals surface area contributed by atoms with E-state index >= 15 is 0 Å². The highest BCUT2D eigenvalue weighted by Gasteiger charge is 2.13. The van der Waals surface area contributed by atoms with Gasteiger partial charge in [0, 0.05) is 28.4 Å². The van der Waals surface area contributed by atoms with Crippen LogP contribution >= 0.6 is 11.3 Å². The van der Waals surface area contributed by atoms with Gasteiger partial charge in [0.1, 0.15) is 5.82 Å². The summed E-state index contributed by atoms with van der Waals surface area (Å²) in [5, 5.41) is 5.83. The van der Waals surface area contributed by atoms with Crippen molar-refractivity contribution in [1.29, 1.82) is 0 Å². The molecule has 1 unspecified atom stereocenters. The lowest BCUT2D eigenvalue weighted by Crippen LogP contribution is -2.10. The standard InChI is InChI=1S/C16H19FN2OS/c1-9-7-14(11(3)21-9)10(2)18-16-8-13(19-12(4)20)5-6-15(16)17/h5-8,10,18H,1-4H3,(H,19,20). The van der Waals surface area contributed by atoms with E-state index < -0.39 is 0 Å². The third-order valence-corrected chi connectivity index (χ3v) is 4.19. The number of carbonyl (C=O) groups is 1. The number of amides is 1. The average Bonchev–Trinajstić information content (AvgIpc) is 2.72. The van der Waals surface area contributed by atoms with Crippen LogP contribution in [-0.2, 0) is 4.79 Å². The van der Waals surface area contributed by atoms with Gasteiger partial charge in [0.15, 0.2) is 0 Å². The Kier molecular flexibility index (Phi) is 4.63. The first kappa shape index (κ1) is 15.5. The van der Waals surface area contributed by atoms with Crippen LogP contribution < -0.4 is 10.6 Å². The number of carbonyl (C=O) groups excluding carboxylic acids is 1. The van der Waals surface area contributed by atoms with Gasteiger partial charge in [-0.2, -0.15) is 0 Å². The molecule has 3 nitrogen and oxygen atoms in total. The van der Waals surface area contributed by atoms with Gasteiger partial charge in [-0.25, -0.2) is 4.39 Å². The molecule has 0 aliphatic carbocycles. The Morgan fingerprint density at radius 1 is 1.29 bits per heavy atom. The van der Waals surface area contributed by atoms with Gasteiger partial charge in [0.2, 0.25) is 5.91 Å². The zero-order valence-electron chi connectivity index (χ0n) is 12.6. The van der Waals surface area contributed by atoms with Crippen LogP contribution in [0.1, 0.15) is 35.2 Å². The lowest BCUT2D eigenvalue weighted by atomic mass is 10.1. The third-order valence-electron chi connectivity index (χ3n) is 3.20. The molecule has 2 rings (SSSR count). The molecule has 1 aromatic heterocycles. The Balaban J connectivity index is 2.22. The number of thiophene rings is 1. The smallest absolute Gasteiger partial charge is 0.221 e. The summed E-state index contributed by atoms with van der Waals surface area (Å²) in [6.45, 7) is 7.55. The number of nitrogens with one attached hydrogen (secondary N) is 2. The fourth-order valence-corrected chi connectivity index (χ4v) is 3.33. The maximum atomic E-state index is 13.9. The van der Waals surface area contributed by atoms with Gasteiger partial charge in [-0.1, -0.05) is 0 Å². The first-order chi connectivity index (χ1) is 9.86. The van der Waals surface area contributed by atoms with Crippen molar-refractivity contribution >= 4 is 28.6 Å². The summed E-state index contributed by atoms with van der Waals surface area (Å²) in [6, 6.07) is 6.63.